The third kappa shape index (κ3) is 4.35. The molecule has 0 radical (unpaired) electrons. The van der Waals surface area contributed by atoms with E-state index in [1.165, 1.54) is 40.7 Å². The maximum Gasteiger partial charge on any atom is 0.251 e. The minimum atomic E-state index is -3.50. The highest BCUT2D eigenvalue weighted by atomic mass is 32.2. The third-order valence-electron chi connectivity index (χ3n) is 4.46. The molecule has 8 heteroatoms. The van der Waals surface area contributed by atoms with Crippen LogP contribution in [-0.4, -0.2) is 37.7 Å². The summed E-state index contributed by atoms with van der Waals surface area (Å²) < 4.78 is 26.4. The fraction of sp³-hybridized carbons (Fsp3) is 0.263. The fourth-order valence-electron chi connectivity index (χ4n) is 2.90. The molecular weight excluding hydrogens is 368 g/mol. The van der Waals surface area contributed by atoms with E-state index >= 15 is 0 Å². The van der Waals surface area contributed by atoms with Crippen LogP contribution < -0.4 is 10.4 Å². The molecule has 0 saturated carbocycles. The van der Waals surface area contributed by atoms with Crippen molar-refractivity contribution in [3.05, 3.63) is 65.2 Å². The summed E-state index contributed by atoms with van der Waals surface area (Å²) in [7, 11) is -3.50. The van der Waals surface area contributed by atoms with Crippen molar-refractivity contribution in [2.75, 3.05) is 13.1 Å². The van der Waals surface area contributed by atoms with Crippen molar-refractivity contribution in [2.45, 2.75) is 24.3 Å². The summed E-state index contributed by atoms with van der Waals surface area (Å²) in [5.74, 6) is -1.60. The number of aromatic carboxylic acids is 1. The number of benzene rings is 2. The van der Waals surface area contributed by atoms with Crippen LogP contribution >= 0.6 is 0 Å². The zero-order valence-corrected chi connectivity index (χ0v) is 15.4. The Morgan fingerprint density at radius 1 is 0.926 bits per heavy atom. The summed E-state index contributed by atoms with van der Waals surface area (Å²) in [5.41, 5.74) is 1.16. The van der Waals surface area contributed by atoms with Gasteiger partial charge in [0.1, 0.15) is 0 Å². The number of carbonyl (C=O) groups is 2. The first-order valence-electron chi connectivity index (χ1n) is 8.56. The van der Waals surface area contributed by atoms with Gasteiger partial charge >= 0.3 is 0 Å². The fourth-order valence-corrected chi connectivity index (χ4v) is 4.42. The average molecular weight is 387 g/mol. The summed E-state index contributed by atoms with van der Waals surface area (Å²) in [6, 6.07) is 11.9. The van der Waals surface area contributed by atoms with Gasteiger partial charge in [0.25, 0.3) is 5.91 Å². The van der Waals surface area contributed by atoms with Gasteiger partial charge in [-0.05, 0) is 48.2 Å². The number of carboxylic acid groups (broad SMARTS) is 1. The van der Waals surface area contributed by atoms with Crippen LogP contribution in [0.4, 0.5) is 0 Å². The van der Waals surface area contributed by atoms with Crippen molar-refractivity contribution in [3.8, 4) is 0 Å². The molecule has 1 heterocycles. The van der Waals surface area contributed by atoms with E-state index in [2.05, 4.69) is 5.32 Å². The molecule has 1 saturated heterocycles. The predicted molar refractivity (Wildman–Crippen MR) is 96.4 cm³/mol. The van der Waals surface area contributed by atoms with E-state index in [9.17, 15) is 23.1 Å². The Balaban J connectivity index is 1.62. The molecule has 142 valence electrons. The first-order valence-corrected chi connectivity index (χ1v) is 10.0. The monoisotopic (exact) mass is 387 g/mol. The van der Waals surface area contributed by atoms with Crippen molar-refractivity contribution in [1.29, 1.82) is 0 Å². The Kier molecular flexibility index (Phi) is 5.57. The highest BCUT2D eigenvalue weighted by Gasteiger charge is 2.27. The highest BCUT2D eigenvalue weighted by molar-refractivity contribution is 7.89. The Morgan fingerprint density at radius 3 is 2.04 bits per heavy atom. The summed E-state index contributed by atoms with van der Waals surface area (Å²) in [5, 5.41) is 13.4. The smallest absolute Gasteiger partial charge is 0.251 e. The van der Waals surface area contributed by atoms with Crippen LogP contribution in [0, 0.1) is 0 Å². The molecule has 2 aromatic carbocycles. The number of hydrogen-bond donors (Lipinski definition) is 1. The third-order valence-corrected chi connectivity index (χ3v) is 6.37. The standard InChI is InChI=1S/C19H20N2O5S/c22-18(20-13-14-3-5-16(6-4-14)19(23)24)15-7-9-17(10-8-15)27(25,26)21-11-1-2-12-21/h3-10H,1-2,11-13H2,(H,20,22)(H,23,24)/p-1. The minimum absolute atomic E-state index is 0.0693. The summed E-state index contributed by atoms with van der Waals surface area (Å²) in [6.45, 7) is 1.28. The maximum absolute atomic E-state index is 12.5. The first-order chi connectivity index (χ1) is 12.9. The Hall–Kier alpha value is -2.71. The lowest BCUT2D eigenvalue weighted by molar-refractivity contribution is -0.255. The number of rotatable bonds is 6. The molecule has 7 nitrogen and oxygen atoms in total. The summed E-state index contributed by atoms with van der Waals surface area (Å²) in [6.07, 6.45) is 1.73. The van der Waals surface area contributed by atoms with Crippen LogP contribution in [0.1, 0.15) is 39.1 Å². The van der Waals surface area contributed by atoms with Gasteiger partial charge in [-0.3, -0.25) is 4.79 Å². The van der Waals surface area contributed by atoms with Gasteiger partial charge in [-0.1, -0.05) is 24.3 Å². The van der Waals surface area contributed by atoms with Gasteiger partial charge in [-0.25, -0.2) is 8.42 Å². The zero-order chi connectivity index (χ0) is 19.4. The van der Waals surface area contributed by atoms with Crippen molar-refractivity contribution < 1.29 is 23.1 Å². The summed E-state index contributed by atoms with van der Waals surface area (Å²) in [4.78, 5) is 23.1. The molecule has 0 spiro atoms. The topological polar surface area (TPSA) is 107 Å². The minimum Gasteiger partial charge on any atom is -0.545 e. The number of amides is 1. The molecule has 0 aliphatic carbocycles. The average Bonchev–Trinajstić information content (AvgIpc) is 3.22. The zero-order valence-electron chi connectivity index (χ0n) is 14.6. The predicted octanol–water partition coefficient (Wildman–Crippen LogP) is 0.765. The Bertz CT molecular complexity index is 931. The Labute approximate surface area is 157 Å². The second kappa shape index (κ2) is 7.89. The molecule has 0 bridgehead atoms. The molecule has 1 aliphatic rings. The van der Waals surface area contributed by atoms with Crippen molar-refractivity contribution in [1.82, 2.24) is 9.62 Å². The lowest BCUT2D eigenvalue weighted by Crippen LogP contribution is -2.28. The van der Waals surface area contributed by atoms with Crippen LogP contribution in [0.2, 0.25) is 0 Å². The maximum atomic E-state index is 12.5. The molecule has 2 aromatic rings. The van der Waals surface area contributed by atoms with Crippen molar-refractivity contribution >= 4 is 21.9 Å². The number of sulfonamides is 1. The number of nitrogens with zero attached hydrogens (tertiary/aromatic N) is 1. The number of carboxylic acids is 1. The van der Waals surface area contributed by atoms with Gasteiger partial charge in [0.05, 0.1) is 10.9 Å². The molecule has 3 rings (SSSR count). The number of nitrogens with one attached hydrogen (secondary N) is 1. The van der Waals surface area contributed by atoms with Gasteiger partial charge in [0.15, 0.2) is 0 Å². The Morgan fingerprint density at radius 2 is 1.48 bits per heavy atom. The van der Waals surface area contributed by atoms with Crippen LogP contribution in [0.5, 0.6) is 0 Å². The second-order valence-electron chi connectivity index (χ2n) is 6.30. The van der Waals surface area contributed by atoms with Gasteiger partial charge < -0.3 is 15.2 Å². The van der Waals surface area contributed by atoms with Gasteiger partial charge in [0.2, 0.25) is 10.0 Å². The van der Waals surface area contributed by atoms with E-state index in [-0.39, 0.29) is 22.9 Å². The van der Waals surface area contributed by atoms with Gasteiger partial charge in [-0.15, -0.1) is 0 Å². The number of hydrogen-bond acceptors (Lipinski definition) is 5. The lowest BCUT2D eigenvalue weighted by Gasteiger charge is -2.15. The molecule has 0 unspecified atom stereocenters. The van der Waals surface area contributed by atoms with Gasteiger partial charge in [-0.2, -0.15) is 4.31 Å². The van der Waals surface area contributed by atoms with E-state index in [1.807, 2.05) is 0 Å². The molecule has 1 fully saturated rings. The largest absolute Gasteiger partial charge is 0.545 e. The van der Waals surface area contributed by atoms with Crippen LogP contribution in [-0.2, 0) is 16.6 Å². The van der Waals surface area contributed by atoms with Gasteiger partial charge in [0, 0.05) is 25.2 Å². The summed E-state index contributed by atoms with van der Waals surface area (Å²) >= 11 is 0. The second-order valence-corrected chi connectivity index (χ2v) is 8.24. The quantitative estimate of drug-likeness (QED) is 0.788. The number of carbonyl (C=O) groups excluding carboxylic acids is 2. The van der Waals surface area contributed by atoms with E-state index in [0.717, 1.165) is 18.4 Å². The molecule has 1 N–H and O–H groups in total. The highest BCUT2D eigenvalue weighted by Crippen LogP contribution is 2.21. The van der Waals surface area contributed by atoms with E-state index < -0.39 is 16.0 Å². The molecule has 0 atom stereocenters. The van der Waals surface area contributed by atoms with E-state index in [1.54, 1.807) is 12.1 Å². The SMILES string of the molecule is O=C([O-])c1ccc(CNC(=O)c2ccc(S(=O)(=O)N3CCCC3)cc2)cc1. The normalized spacial score (nSPS) is 14.8. The van der Waals surface area contributed by atoms with Crippen molar-refractivity contribution in [2.24, 2.45) is 0 Å². The molecule has 0 aromatic heterocycles. The molecule has 1 amide bonds. The van der Waals surface area contributed by atoms with Crippen LogP contribution in [0.15, 0.2) is 53.4 Å². The molecule has 1 aliphatic heterocycles. The first kappa shape index (κ1) is 19.1. The van der Waals surface area contributed by atoms with E-state index in [4.69, 9.17) is 0 Å². The van der Waals surface area contributed by atoms with Crippen LogP contribution in [0.3, 0.4) is 0 Å². The van der Waals surface area contributed by atoms with Crippen molar-refractivity contribution in [3.63, 3.8) is 0 Å². The molecule has 27 heavy (non-hydrogen) atoms. The van der Waals surface area contributed by atoms with E-state index in [0.29, 0.717) is 18.7 Å². The molecular formula is C19H19N2O5S-. The lowest BCUT2D eigenvalue weighted by atomic mass is 10.1. The van der Waals surface area contributed by atoms with Crippen LogP contribution in [0.25, 0.3) is 0 Å².